The topological polar surface area (TPSA) is 0 Å². The largest absolute Gasteiger partial charge is 0.204 e. The smallest absolute Gasteiger partial charge is 0.162 e. The summed E-state index contributed by atoms with van der Waals surface area (Å²) in [5, 5.41) is 1.63. The molecule has 0 aliphatic carbocycles. The minimum Gasteiger partial charge on any atom is -0.204 e. The van der Waals surface area contributed by atoms with Crippen molar-refractivity contribution >= 4 is 22.9 Å². The zero-order valence-electron chi connectivity index (χ0n) is 9.21. The zero-order chi connectivity index (χ0) is 12.4. The van der Waals surface area contributed by atoms with Crippen molar-refractivity contribution in [1.29, 1.82) is 0 Å². The van der Waals surface area contributed by atoms with E-state index in [2.05, 4.69) is 0 Å². The molecule has 0 N–H and O–H groups in total. The monoisotopic (exact) mass is 272 g/mol. The Labute approximate surface area is 108 Å². The minimum atomic E-state index is -0.825. The van der Waals surface area contributed by atoms with Crippen molar-refractivity contribution < 1.29 is 8.78 Å². The maximum absolute atomic E-state index is 13.5. The van der Waals surface area contributed by atoms with Gasteiger partial charge in [0.25, 0.3) is 0 Å². The first-order valence-corrected chi connectivity index (χ1v) is 6.52. The van der Waals surface area contributed by atoms with Crippen molar-refractivity contribution in [3.05, 3.63) is 57.3 Å². The van der Waals surface area contributed by atoms with Crippen LogP contribution in [0.15, 0.2) is 29.6 Å². The van der Waals surface area contributed by atoms with Crippen molar-refractivity contribution in [2.75, 3.05) is 0 Å². The number of thiophene rings is 1. The molecule has 0 saturated carbocycles. The number of aryl methyl sites for hydroxylation is 1. The molecule has 1 unspecified atom stereocenters. The lowest BCUT2D eigenvalue weighted by atomic mass is 10.1. The van der Waals surface area contributed by atoms with E-state index in [0.717, 1.165) is 16.5 Å². The van der Waals surface area contributed by atoms with Crippen LogP contribution in [0.5, 0.6) is 0 Å². The Hall–Kier alpha value is -0.930. The highest BCUT2D eigenvalue weighted by atomic mass is 35.5. The van der Waals surface area contributed by atoms with Crippen LogP contribution in [0.1, 0.15) is 21.4 Å². The van der Waals surface area contributed by atoms with Crippen LogP contribution in [0.3, 0.4) is 0 Å². The summed E-state index contributed by atoms with van der Waals surface area (Å²) in [5.74, 6) is -1.62. The molecular weight excluding hydrogens is 262 g/mol. The van der Waals surface area contributed by atoms with Gasteiger partial charge in [0.05, 0.1) is 5.38 Å². The van der Waals surface area contributed by atoms with E-state index in [9.17, 15) is 8.78 Å². The number of halogens is 3. The molecular formula is C13H11ClF2S. The Balaban J connectivity index is 2.22. The molecule has 2 rings (SSSR count). The molecule has 0 aliphatic rings. The SMILES string of the molecule is Cc1ccsc1C(Cl)Cc1cccc(F)c1F. The summed E-state index contributed by atoms with van der Waals surface area (Å²) in [4.78, 5) is 1.01. The molecule has 0 fully saturated rings. The van der Waals surface area contributed by atoms with Crippen LogP contribution in [-0.4, -0.2) is 0 Å². The van der Waals surface area contributed by atoms with Crippen molar-refractivity contribution in [2.24, 2.45) is 0 Å². The quantitative estimate of drug-likeness (QED) is 0.700. The lowest BCUT2D eigenvalue weighted by Gasteiger charge is -2.10. The van der Waals surface area contributed by atoms with E-state index in [4.69, 9.17) is 11.6 Å². The molecule has 0 nitrogen and oxygen atoms in total. The lowest BCUT2D eigenvalue weighted by Crippen LogP contribution is -1.99. The van der Waals surface area contributed by atoms with Gasteiger partial charge in [0.2, 0.25) is 0 Å². The number of alkyl halides is 1. The second-order valence-electron chi connectivity index (χ2n) is 3.85. The maximum Gasteiger partial charge on any atom is 0.162 e. The molecule has 0 amide bonds. The first-order chi connectivity index (χ1) is 8.09. The third kappa shape index (κ3) is 2.67. The number of rotatable bonds is 3. The van der Waals surface area contributed by atoms with Crippen LogP contribution in [0.4, 0.5) is 8.78 Å². The van der Waals surface area contributed by atoms with E-state index in [1.54, 1.807) is 6.07 Å². The predicted molar refractivity (Wildman–Crippen MR) is 67.7 cm³/mol. The lowest BCUT2D eigenvalue weighted by molar-refractivity contribution is 0.498. The summed E-state index contributed by atoms with van der Waals surface area (Å²) >= 11 is 7.77. The van der Waals surface area contributed by atoms with Gasteiger partial charge >= 0.3 is 0 Å². The number of hydrogen-bond acceptors (Lipinski definition) is 1. The summed E-state index contributed by atoms with van der Waals surface area (Å²) in [5.41, 5.74) is 1.41. The number of benzene rings is 1. The van der Waals surface area contributed by atoms with Gasteiger partial charge in [0.1, 0.15) is 0 Å². The van der Waals surface area contributed by atoms with Crippen LogP contribution in [0.25, 0.3) is 0 Å². The molecule has 4 heteroatoms. The molecule has 0 spiro atoms. The molecule has 17 heavy (non-hydrogen) atoms. The average molecular weight is 273 g/mol. The van der Waals surface area contributed by atoms with Crippen LogP contribution >= 0.6 is 22.9 Å². The van der Waals surface area contributed by atoms with Crippen molar-refractivity contribution in [3.63, 3.8) is 0 Å². The molecule has 0 aliphatic heterocycles. The summed E-state index contributed by atoms with van der Waals surface area (Å²) in [7, 11) is 0. The van der Waals surface area contributed by atoms with Gasteiger partial charge in [0.15, 0.2) is 11.6 Å². The fourth-order valence-corrected chi connectivity index (χ4v) is 3.09. The van der Waals surface area contributed by atoms with Crippen molar-refractivity contribution in [3.8, 4) is 0 Å². The standard InChI is InChI=1S/C13H11ClF2S/c1-8-5-6-17-13(8)10(14)7-9-3-2-4-11(15)12(9)16/h2-6,10H,7H2,1H3. The molecule has 2 aromatic rings. The molecule has 0 bridgehead atoms. The summed E-state index contributed by atoms with van der Waals surface area (Å²) in [6.45, 7) is 1.96. The third-order valence-corrected chi connectivity index (χ3v) is 4.25. The fraction of sp³-hybridized carbons (Fsp3) is 0.231. The van der Waals surface area contributed by atoms with Crippen LogP contribution < -0.4 is 0 Å². The molecule has 0 radical (unpaired) electrons. The number of hydrogen-bond donors (Lipinski definition) is 0. The normalized spacial score (nSPS) is 12.7. The van der Waals surface area contributed by atoms with Gasteiger partial charge in [-0.25, -0.2) is 8.78 Å². The Morgan fingerprint density at radius 3 is 2.71 bits per heavy atom. The van der Waals surface area contributed by atoms with Crippen LogP contribution in [0.2, 0.25) is 0 Å². The molecule has 1 atom stereocenters. The Kier molecular flexibility index (Phi) is 3.79. The fourth-order valence-electron chi connectivity index (χ4n) is 1.70. The Morgan fingerprint density at radius 1 is 1.29 bits per heavy atom. The van der Waals surface area contributed by atoms with Gasteiger partial charge in [-0.1, -0.05) is 12.1 Å². The Bertz CT molecular complexity index is 522. The van der Waals surface area contributed by atoms with Gasteiger partial charge in [-0.05, 0) is 42.0 Å². The molecule has 1 aromatic heterocycles. The van der Waals surface area contributed by atoms with Gasteiger partial charge in [-0.3, -0.25) is 0 Å². The van der Waals surface area contributed by atoms with E-state index in [-0.39, 0.29) is 5.38 Å². The van der Waals surface area contributed by atoms with Crippen molar-refractivity contribution in [1.82, 2.24) is 0 Å². The first-order valence-electron chi connectivity index (χ1n) is 5.20. The van der Waals surface area contributed by atoms with Crippen LogP contribution in [-0.2, 0) is 6.42 Å². The summed E-state index contributed by atoms with van der Waals surface area (Å²) in [6, 6.07) is 6.14. The van der Waals surface area contributed by atoms with E-state index in [0.29, 0.717) is 12.0 Å². The predicted octanol–water partition coefficient (Wildman–Crippen LogP) is 4.86. The highest BCUT2D eigenvalue weighted by Gasteiger charge is 2.16. The maximum atomic E-state index is 13.5. The molecule has 1 heterocycles. The molecule has 0 saturated heterocycles. The van der Waals surface area contributed by atoms with Gasteiger partial charge < -0.3 is 0 Å². The molecule has 1 aromatic carbocycles. The summed E-state index contributed by atoms with van der Waals surface area (Å²) < 4.78 is 26.5. The highest BCUT2D eigenvalue weighted by Crippen LogP contribution is 2.32. The van der Waals surface area contributed by atoms with Gasteiger partial charge in [-0.2, -0.15) is 0 Å². The Morgan fingerprint density at radius 2 is 2.06 bits per heavy atom. The van der Waals surface area contributed by atoms with E-state index < -0.39 is 11.6 Å². The van der Waals surface area contributed by atoms with Crippen molar-refractivity contribution in [2.45, 2.75) is 18.7 Å². The molecule has 90 valence electrons. The minimum absolute atomic E-state index is 0.298. The summed E-state index contributed by atoms with van der Waals surface area (Å²) in [6.07, 6.45) is 0.298. The van der Waals surface area contributed by atoms with Gasteiger partial charge in [-0.15, -0.1) is 22.9 Å². The van der Waals surface area contributed by atoms with E-state index in [1.165, 1.54) is 17.4 Å². The first kappa shape index (κ1) is 12.5. The zero-order valence-corrected chi connectivity index (χ0v) is 10.8. The average Bonchev–Trinajstić information content (AvgIpc) is 2.71. The second kappa shape index (κ2) is 5.15. The second-order valence-corrected chi connectivity index (χ2v) is 5.33. The highest BCUT2D eigenvalue weighted by molar-refractivity contribution is 7.10. The van der Waals surface area contributed by atoms with E-state index >= 15 is 0 Å². The third-order valence-electron chi connectivity index (χ3n) is 2.62. The van der Waals surface area contributed by atoms with Crippen LogP contribution in [0, 0.1) is 18.6 Å². The van der Waals surface area contributed by atoms with E-state index in [1.807, 2.05) is 18.4 Å². The van der Waals surface area contributed by atoms with Gasteiger partial charge in [0, 0.05) is 4.88 Å².